The molecule has 1 rings (SSSR count). The van der Waals surface area contributed by atoms with Gasteiger partial charge in [-0.15, -0.1) is 0 Å². The molecule has 0 aromatic heterocycles. The van der Waals surface area contributed by atoms with Crippen molar-refractivity contribution in [1.82, 2.24) is 5.32 Å². The molecule has 0 aliphatic rings. The Bertz CT molecular complexity index is 324. The summed E-state index contributed by atoms with van der Waals surface area (Å²) in [6.07, 6.45) is 3.55. The monoisotopic (exact) mass is 234 g/mol. The Kier molecular flexibility index (Phi) is 6.33. The predicted octanol–water partition coefficient (Wildman–Crippen LogP) is 2.38. The van der Waals surface area contributed by atoms with E-state index in [-0.39, 0.29) is 11.9 Å². The number of nitrogens with one attached hydrogen (secondary N) is 1. The van der Waals surface area contributed by atoms with Crippen molar-refractivity contribution < 1.29 is 4.79 Å². The Morgan fingerprint density at radius 1 is 1.24 bits per heavy atom. The van der Waals surface area contributed by atoms with E-state index in [1.54, 1.807) is 0 Å². The highest BCUT2D eigenvalue weighted by Crippen LogP contribution is 2.11. The van der Waals surface area contributed by atoms with E-state index in [4.69, 9.17) is 5.73 Å². The molecular weight excluding hydrogens is 212 g/mol. The van der Waals surface area contributed by atoms with Gasteiger partial charge in [0.1, 0.15) is 0 Å². The van der Waals surface area contributed by atoms with Gasteiger partial charge >= 0.3 is 0 Å². The molecule has 0 saturated carbocycles. The van der Waals surface area contributed by atoms with E-state index < -0.39 is 0 Å². The molecule has 3 heteroatoms. The van der Waals surface area contributed by atoms with Gasteiger partial charge in [-0.2, -0.15) is 0 Å². The Labute approximate surface area is 103 Å². The van der Waals surface area contributed by atoms with Crippen LogP contribution in [-0.2, 0) is 4.79 Å². The number of hydrogen-bond donors (Lipinski definition) is 2. The smallest absolute Gasteiger partial charge is 0.220 e. The number of carbonyl (C=O) groups excluding carboxylic acids is 1. The lowest BCUT2D eigenvalue weighted by molar-refractivity contribution is -0.121. The van der Waals surface area contributed by atoms with Gasteiger partial charge in [0, 0.05) is 6.42 Å². The minimum absolute atomic E-state index is 0.0817. The van der Waals surface area contributed by atoms with Crippen molar-refractivity contribution in [3.05, 3.63) is 35.9 Å². The molecule has 94 valence electrons. The van der Waals surface area contributed by atoms with E-state index in [1.165, 1.54) is 0 Å². The fourth-order valence-electron chi connectivity index (χ4n) is 1.75. The van der Waals surface area contributed by atoms with Gasteiger partial charge in [0.25, 0.3) is 0 Å². The minimum Gasteiger partial charge on any atom is -0.350 e. The highest BCUT2D eigenvalue weighted by atomic mass is 16.1. The summed E-state index contributed by atoms with van der Waals surface area (Å²) >= 11 is 0. The molecule has 1 amide bonds. The first-order chi connectivity index (χ1) is 8.24. The average molecular weight is 234 g/mol. The van der Waals surface area contributed by atoms with E-state index in [1.807, 2.05) is 37.3 Å². The molecule has 0 bridgehead atoms. The van der Waals surface area contributed by atoms with Gasteiger partial charge in [-0.25, -0.2) is 0 Å². The number of hydrogen-bond acceptors (Lipinski definition) is 2. The zero-order valence-electron chi connectivity index (χ0n) is 10.5. The van der Waals surface area contributed by atoms with Crippen molar-refractivity contribution in [2.45, 2.75) is 38.6 Å². The quantitative estimate of drug-likeness (QED) is 0.712. The summed E-state index contributed by atoms with van der Waals surface area (Å²) in [6, 6.07) is 10.1. The maximum atomic E-state index is 11.6. The molecule has 3 nitrogen and oxygen atoms in total. The molecule has 17 heavy (non-hydrogen) atoms. The van der Waals surface area contributed by atoms with Gasteiger partial charge in [0.2, 0.25) is 5.91 Å². The van der Waals surface area contributed by atoms with Crippen LogP contribution < -0.4 is 11.1 Å². The van der Waals surface area contributed by atoms with E-state index in [0.717, 1.165) is 24.8 Å². The molecule has 0 spiro atoms. The van der Waals surface area contributed by atoms with Gasteiger partial charge in [-0.1, -0.05) is 36.8 Å². The molecular formula is C14H22N2O. The second-order valence-corrected chi connectivity index (χ2v) is 4.30. The summed E-state index contributed by atoms with van der Waals surface area (Å²) in [4.78, 5) is 11.6. The van der Waals surface area contributed by atoms with Crippen LogP contribution >= 0.6 is 0 Å². The molecule has 1 aromatic carbocycles. The second kappa shape index (κ2) is 7.85. The van der Waals surface area contributed by atoms with Crippen molar-refractivity contribution >= 4 is 5.91 Å². The summed E-state index contributed by atoms with van der Waals surface area (Å²) in [5.41, 5.74) is 6.54. The van der Waals surface area contributed by atoms with Gasteiger partial charge < -0.3 is 11.1 Å². The predicted molar refractivity (Wildman–Crippen MR) is 70.5 cm³/mol. The fourth-order valence-corrected chi connectivity index (χ4v) is 1.75. The van der Waals surface area contributed by atoms with Gasteiger partial charge in [0.05, 0.1) is 6.04 Å². The van der Waals surface area contributed by atoms with Crippen LogP contribution in [0.2, 0.25) is 0 Å². The number of nitrogens with two attached hydrogens (primary N) is 1. The molecule has 0 radical (unpaired) electrons. The van der Waals surface area contributed by atoms with Crippen molar-refractivity contribution in [2.24, 2.45) is 5.73 Å². The van der Waals surface area contributed by atoms with Gasteiger partial charge in [-0.3, -0.25) is 4.79 Å². The lowest BCUT2D eigenvalue weighted by atomic mass is 10.1. The highest BCUT2D eigenvalue weighted by Gasteiger charge is 2.08. The Balaban J connectivity index is 2.26. The molecule has 1 aromatic rings. The van der Waals surface area contributed by atoms with Crippen LogP contribution in [0.1, 0.15) is 44.2 Å². The minimum atomic E-state index is 0.0817. The summed E-state index contributed by atoms with van der Waals surface area (Å²) in [5, 5.41) is 3.00. The molecule has 0 aliphatic heterocycles. The zero-order chi connectivity index (χ0) is 12.5. The topological polar surface area (TPSA) is 55.1 Å². The summed E-state index contributed by atoms with van der Waals surface area (Å²) < 4.78 is 0. The van der Waals surface area contributed by atoms with Crippen LogP contribution in [0.3, 0.4) is 0 Å². The molecule has 3 N–H and O–H groups in total. The standard InChI is InChI=1S/C14H22N2O/c1-12(13-8-4-2-5-9-13)16-14(17)10-6-3-7-11-15/h2,4-5,8-9,12H,3,6-7,10-11,15H2,1H3,(H,16,17). The first kappa shape index (κ1) is 13.7. The summed E-state index contributed by atoms with van der Waals surface area (Å²) in [5.74, 6) is 0.123. The van der Waals surface area contributed by atoms with Crippen molar-refractivity contribution in [1.29, 1.82) is 0 Å². The van der Waals surface area contributed by atoms with Crippen LogP contribution in [0, 0.1) is 0 Å². The van der Waals surface area contributed by atoms with Crippen molar-refractivity contribution in [3.63, 3.8) is 0 Å². The van der Waals surface area contributed by atoms with E-state index in [9.17, 15) is 4.79 Å². The van der Waals surface area contributed by atoms with Crippen molar-refractivity contribution in [2.75, 3.05) is 6.54 Å². The zero-order valence-corrected chi connectivity index (χ0v) is 10.5. The largest absolute Gasteiger partial charge is 0.350 e. The molecule has 1 atom stereocenters. The first-order valence-corrected chi connectivity index (χ1v) is 6.28. The van der Waals surface area contributed by atoms with Crippen LogP contribution in [-0.4, -0.2) is 12.5 Å². The van der Waals surface area contributed by atoms with Gasteiger partial charge in [0.15, 0.2) is 0 Å². The van der Waals surface area contributed by atoms with Crippen LogP contribution in [0.4, 0.5) is 0 Å². The maximum Gasteiger partial charge on any atom is 0.220 e. The summed E-state index contributed by atoms with van der Waals surface area (Å²) in [7, 11) is 0. The molecule has 0 heterocycles. The van der Waals surface area contributed by atoms with E-state index >= 15 is 0 Å². The SMILES string of the molecule is CC(NC(=O)CCCCCN)c1ccccc1. The second-order valence-electron chi connectivity index (χ2n) is 4.30. The summed E-state index contributed by atoms with van der Waals surface area (Å²) in [6.45, 7) is 2.72. The molecule has 1 unspecified atom stereocenters. The lowest BCUT2D eigenvalue weighted by Crippen LogP contribution is -2.26. The number of amides is 1. The third kappa shape index (κ3) is 5.50. The number of carbonyl (C=O) groups is 1. The average Bonchev–Trinajstić information content (AvgIpc) is 2.36. The van der Waals surface area contributed by atoms with Crippen LogP contribution in [0.5, 0.6) is 0 Å². The number of rotatable bonds is 7. The Morgan fingerprint density at radius 3 is 2.59 bits per heavy atom. The normalized spacial score (nSPS) is 12.1. The van der Waals surface area contributed by atoms with Crippen molar-refractivity contribution in [3.8, 4) is 0 Å². The third-order valence-electron chi connectivity index (χ3n) is 2.79. The molecule has 0 saturated heterocycles. The Morgan fingerprint density at radius 2 is 1.94 bits per heavy atom. The third-order valence-corrected chi connectivity index (χ3v) is 2.79. The van der Waals surface area contributed by atoms with E-state index in [0.29, 0.717) is 13.0 Å². The highest BCUT2D eigenvalue weighted by molar-refractivity contribution is 5.76. The number of unbranched alkanes of at least 4 members (excludes halogenated alkanes) is 2. The van der Waals surface area contributed by atoms with Crippen LogP contribution in [0.15, 0.2) is 30.3 Å². The maximum absolute atomic E-state index is 11.6. The lowest BCUT2D eigenvalue weighted by Gasteiger charge is -2.14. The fraction of sp³-hybridized carbons (Fsp3) is 0.500. The van der Waals surface area contributed by atoms with Gasteiger partial charge in [-0.05, 0) is 31.9 Å². The van der Waals surface area contributed by atoms with E-state index in [2.05, 4.69) is 5.32 Å². The van der Waals surface area contributed by atoms with Crippen LogP contribution in [0.25, 0.3) is 0 Å². The Hall–Kier alpha value is -1.35. The molecule has 0 fully saturated rings. The number of benzene rings is 1. The first-order valence-electron chi connectivity index (χ1n) is 6.28. The molecule has 0 aliphatic carbocycles.